The Morgan fingerprint density at radius 1 is 1.30 bits per heavy atom. The Labute approximate surface area is 115 Å². The Bertz CT molecular complexity index is 789. The van der Waals surface area contributed by atoms with Crippen LogP contribution in [-0.2, 0) is 6.18 Å². The van der Waals surface area contributed by atoms with Crippen LogP contribution in [0.2, 0.25) is 0 Å². The normalized spacial score (nSPS) is 11.6. The largest absolute Gasteiger partial charge is 1.00 e. The highest BCUT2D eigenvalue weighted by atomic mass is 35.5. The molecule has 3 rings (SSSR count). The third-order valence-corrected chi connectivity index (χ3v) is 2.59. The molecule has 0 radical (unpaired) electrons. The number of furan rings is 1. The van der Waals surface area contributed by atoms with Gasteiger partial charge < -0.3 is 16.8 Å². The quantitative estimate of drug-likeness (QED) is 0.609. The van der Waals surface area contributed by atoms with E-state index >= 15 is 0 Å². The minimum absolute atomic E-state index is 0. The number of aromatic amines is 2. The van der Waals surface area contributed by atoms with Gasteiger partial charge in [0.2, 0.25) is 5.69 Å². The highest BCUT2D eigenvalue weighted by Gasteiger charge is 2.39. The summed E-state index contributed by atoms with van der Waals surface area (Å²) in [6.07, 6.45) is -3.25. The highest BCUT2D eigenvalue weighted by molar-refractivity contribution is 5.51. The first-order valence-corrected chi connectivity index (χ1v) is 5.24. The summed E-state index contributed by atoms with van der Waals surface area (Å²) in [6.45, 7) is 0. The van der Waals surface area contributed by atoms with Gasteiger partial charge in [0.1, 0.15) is 0 Å². The molecule has 20 heavy (non-hydrogen) atoms. The fraction of sp³-hybridized carbons (Fsp3) is 0.0909. The average Bonchev–Trinajstić information content (AvgIpc) is 2.92. The van der Waals surface area contributed by atoms with Crippen molar-refractivity contribution >= 4 is 5.65 Å². The first-order chi connectivity index (χ1) is 8.95. The van der Waals surface area contributed by atoms with E-state index in [0.717, 1.165) is 12.1 Å². The Balaban J connectivity index is 0.00000147. The second-order valence-electron chi connectivity index (χ2n) is 3.88. The smallest absolute Gasteiger partial charge is 0.456 e. The van der Waals surface area contributed by atoms with Crippen molar-refractivity contribution in [2.45, 2.75) is 6.18 Å². The van der Waals surface area contributed by atoms with E-state index in [4.69, 9.17) is 4.42 Å². The van der Waals surface area contributed by atoms with Crippen molar-refractivity contribution in [1.82, 2.24) is 9.61 Å². The van der Waals surface area contributed by atoms with Crippen LogP contribution in [0.1, 0.15) is 5.69 Å². The number of fused-ring (bicyclic) bond motifs is 1. The third kappa shape index (κ3) is 2.29. The first kappa shape index (κ1) is 14.2. The molecule has 2 N–H and O–H groups in total. The van der Waals surface area contributed by atoms with E-state index in [9.17, 15) is 18.0 Å². The maximum absolute atomic E-state index is 13.0. The van der Waals surface area contributed by atoms with E-state index in [1.807, 2.05) is 0 Å². The number of alkyl halides is 3. The van der Waals surface area contributed by atoms with Crippen molar-refractivity contribution in [3.05, 3.63) is 46.6 Å². The van der Waals surface area contributed by atoms with Crippen LogP contribution in [-0.4, -0.2) is 9.61 Å². The lowest BCUT2D eigenvalue weighted by Gasteiger charge is -2.04. The molecule has 0 aliphatic rings. The van der Waals surface area contributed by atoms with Crippen LogP contribution in [0, 0.1) is 0 Å². The Kier molecular flexibility index (Phi) is 3.34. The fourth-order valence-corrected chi connectivity index (χ4v) is 1.82. The van der Waals surface area contributed by atoms with Crippen LogP contribution in [0.15, 0.2) is 39.7 Å². The minimum atomic E-state index is -4.60. The number of nitrogens with one attached hydrogen (secondary N) is 2. The maximum atomic E-state index is 13.0. The summed E-state index contributed by atoms with van der Waals surface area (Å²) in [5, 5.41) is 2.09. The third-order valence-electron chi connectivity index (χ3n) is 2.59. The monoisotopic (exact) mass is 305 g/mol. The maximum Gasteiger partial charge on any atom is 0.456 e. The van der Waals surface area contributed by atoms with Gasteiger partial charge in [-0.2, -0.15) is 18.3 Å². The zero-order chi connectivity index (χ0) is 13.6. The average molecular weight is 306 g/mol. The predicted molar refractivity (Wildman–Crippen MR) is 57.3 cm³/mol. The molecular weight excluding hydrogens is 299 g/mol. The van der Waals surface area contributed by atoms with E-state index in [1.54, 1.807) is 6.07 Å². The van der Waals surface area contributed by atoms with Crippen molar-refractivity contribution in [1.29, 1.82) is 0 Å². The number of hydrogen-bond acceptors (Lipinski definition) is 2. The number of H-pyrrole nitrogens is 2. The predicted octanol–water partition coefficient (Wildman–Crippen LogP) is -1.28. The lowest BCUT2D eigenvalue weighted by molar-refractivity contribution is -0.339. The molecule has 3 aromatic rings. The van der Waals surface area contributed by atoms with E-state index in [2.05, 4.69) is 10.1 Å². The first-order valence-electron chi connectivity index (χ1n) is 5.24. The molecule has 5 nitrogen and oxygen atoms in total. The minimum Gasteiger partial charge on any atom is -1.00 e. The van der Waals surface area contributed by atoms with Crippen LogP contribution in [0.5, 0.6) is 0 Å². The number of nitrogens with zero attached hydrogens (tertiary/aromatic N) is 1. The molecule has 0 fully saturated rings. The van der Waals surface area contributed by atoms with E-state index < -0.39 is 17.4 Å². The Hall–Kier alpha value is -2.22. The van der Waals surface area contributed by atoms with Crippen molar-refractivity contribution in [3.63, 3.8) is 0 Å². The molecule has 106 valence electrons. The van der Waals surface area contributed by atoms with Gasteiger partial charge in [0.15, 0.2) is 11.5 Å². The molecular formula is C11H7ClF3N3O2. The summed E-state index contributed by atoms with van der Waals surface area (Å²) in [4.78, 5) is 13.9. The van der Waals surface area contributed by atoms with E-state index in [-0.39, 0.29) is 29.5 Å². The van der Waals surface area contributed by atoms with E-state index in [0.29, 0.717) is 4.52 Å². The number of rotatable bonds is 1. The molecule has 0 unspecified atom stereocenters. The topological polar surface area (TPSA) is 64.6 Å². The fourth-order valence-electron chi connectivity index (χ4n) is 1.82. The molecule has 0 spiro atoms. The van der Waals surface area contributed by atoms with Crippen LogP contribution < -0.4 is 23.0 Å². The molecule has 0 aromatic carbocycles. The molecule has 9 heteroatoms. The summed E-state index contributed by atoms with van der Waals surface area (Å²) in [5.74, 6) is 0.252. The van der Waals surface area contributed by atoms with Crippen LogP contribution in [0.4, 0.5) is 13.2 Å². The summed E-state index contributed by atoms with van der Waals surface area (Å²) in [7, 11) is 0. The number of halogens is 4. The molecule has 3 heterocycles. The Morgan fingerprint density at radius 3 is 2.65 bits per heavy atom. The molecule has 3 aromatic heterocycles. The van der Waals surface area contributed by atoms with Gasteiger partial charge in [-0.1, -0.05) is 0 Å². The van der Waals surface area contributed by atoms with Crippen LogP contribution in [0.25, 0.3) is 17.1 Å². The van der Waals surface area contributed by atoms with Gasteiger partial charge in [-0.3, -0.25) is 4.79 Å². The van der Waals surface area contributed by atoms with Gasteiger partial charge in [0.05, 0.1) is 12.3 Å². The van der Waals surface area contributed by atoms with Gasteiger partial charge >= 0.3 is 11.8 Å². The second kappa shape index (κ2) is 4.71. The highest BCUT2D eigenvalue weighted by Crippen LogP contribution is 2.30. The second-order valence-corrected chi connectivity index (χ2v) is 3.88. The van der Waals surface area contributed by atoms with Gasteiger partial charge in [0, 0.05) is 6.07 Å². The van der Waals surface area contributed by atoms with Crippen molar-refractivity contribution in [2.75, 3.05) is 0 Å². The lowest BCUT2D eigenvalue weighted by Crippen LogP contribution is -3.00. The molecule has 0 atom stereocenters. The number of hydrogen-bond donors (Lipinski definition) is 1. The van der Waals surface area contributed by atoms with Crippen molar-refractivity contribution in [3.8, 4) is 11.5 Å². The van der Waals surface area contributed by atoms with E-state index in [1.165, 1.54) is 12.3 Å². The summed E-state index contributed by atoms with van der Waals surface area (Å²) in [5.41, 5.74) is -1.48. The number of aromatic nitrogens is 3. The molecule has 0 aliphatic heterocycles. The molecule has 0 bridgehead atoms. The molecule has 0 amide bonds. The van der Waals surface area contributed by atoms with Gasteiger partial charge in [-0.25, -0.2) is 4.98 Å². The van der Waals surface area contributed by atoms with Crippen molar-refractivity contribution < 1.29 is 35.0 Å². The SMILES string of the molecule is O=c1cc2[nH+]c(-c3ccco3)cc(C(F)(F)F)n2[nH]1.[Cl-]. The Morgan fingerprint density at radius 2 is 2.05 bits per heavy atom. The summed E-state index contributed by atoms with van der Waals surface area (Å²) < 4.78 is 44.6. The van der Waals surface area contributed by atoms with Crippen LogP contribution >= 0.6 is 0 Å². The zero-order valence-corrected chi connectivity index (χ0v) is 10.4. The molecule has 0 saturated heterocycles. The van der Waals surface area contributed by atoms with Crippen molar-refractivity contribution in [2.24, 2.45) is 0 Å². The zero-order valence-electron chi connectivity index (χ0n) is 9.66. The van der Waals surface area contributed by atoms with Gasteiger partial charge in [0.25, 0.3) is 5.56 Å². The summed E-state index contributed by atoms with van der Waals surface area (Å²) in [6, 6.07) is 5.00. The van der Waals surface area contributed by atoms with Crippen LogP contribution in [0.3, 0.4) is 0 Å². The molecule has 0 aliphatic carbocycles. The standard InChI is InChI=1S/C11H6F3N3O2.ClH/c12-11(13,14)8-4-6(7-2-1-3-19-7)15-9-5-10(18)16-17(8)9;/h1-5H,(H,16,18);1H. The van der Waals surface area contributed by atoms with Gasteiger partial charge in [-0.15, -0.1) is 4.52 Å². The van der Waals surface area contributed by atoms with Gasteiger partial charge in [-0.05, 0) is 12.1 Å². The summed E-state index contributed by atoms with van der Waals surface area (Å²) >= 11 is 0. The molecule has 0 saturated carbocycles. The lowest BCUT2D eigenvalue weighted by atomic mass is 10.2.